The molecule has 0 aliphatic carbocycles. The van der Waals surface area contributed by atoms with Crippen LogP contribution in [0.15, 0.2) is 30.3 Å². The Balaban J connectivity index is 0.00000200. The van der Waals surface area contributed by atoms with E-state index in [-0.39, 0.29) is 24.4 Å². The Kier molecular flexibility index (Phi) is 5.99. The Hall–Kier alpha value is -1.10. The third kappa shape index (κ3) is 3.51. The minimum atomic E-state index is -0.957. The molecule has 0 bridgehead atoms. The van der Waals surface area contributed by atoms with Crippen LogP contribution in [0, 0.1) is 0 Å². The number of hydrogen-bond donors (Lipinski definition) is 1. The van der Waals surface area contributed by atoms with Gasteiger partial charge in [0, 0.05) is 20.2 Å². The lowest BCUT2D eigenvalue weighted by Gasteiger charge is -2.36. The van der Waals surface area contributed by atoms with Gasteiger partial charge in [-0.05, 0) is 25.3 Å². The van der Waals surface area contributed by atoms with Gasteiger partial charge in [0.2, 0.25) is 5.91 Å². The molecule has 5 heteroatoms. The van der Waals surface area contributed by atoms with Crippen LogP contribution < -0.4 is 5.73 Å². The number of hydrogen-bond acceptors (Lipinski definition) is 3. The van der Waals surface area contributed by atoms with Crippen LogP contribution in [-0.2, 0) is 15.1 Å². The largest absolute Gasteiger partial charge is 0.381 e. The smallest absolute Gasteiger partial charge is 0.246 e. The first-order valence-electron chi connectivity index (χ1n) is 6.72. The van der Waals surface area contributed by atoms with Gasteiger partial charge in [-0.2, -0.15) is 0 Å². The van der Waals surface area contributed by atoms with Crippen molar-refractivity contribution in [2.24, 2.45) is 5.73 Å². The summed E-state index contributed by atoms with van der Waals surface area (Å²) in [6.45, 7) is 3.22. The molecule has 20 heavy (non-hydrogen) atoms. The fraction of sp³-hybridized carbons (Fsp3) is 0.533. The van der Waals surface area contributed by atoms with Crippen molar-refractivity contribution in [1.29, 1.82) is 0 Å². The van der Waals surface area contributed by atoms with Crippen LogP contribution in [0.5, 0.6) is 0 Å². The highest BCUT2D eigenvalue weighted by molar-refractivity contribution is 5.87. The first-order valence-corrected chi connectivity index (χ1v) is 6.72. The molecule has 1 aromatic rings. The van der Waals surface area contributed by atoms with E-state index in [2.05, 4.69) is 0 Å². The number of amides is 1. The molecule has 1 amide bonds. The van der Waals surface area contributed by atoms with E-state index in [4.69, 9.17) is 10.5 Å². The number of rotatable bonds is 3. The topological polar surface area (TPSA) is 55.6 Å². The number of carbonyl (C=O) groups excluding carboxylic acids is 1. The molecular weight excluding hydrogens is 276 g/mol. The predicted octanol–water partition coefficient (Wildman–Crippen LogP) is 1.92. The SMILES string of the molecule is COC1CCN(C(=O)C(C)(N)c2ccccc2)CC1.Cl. The van der Waals surface area contributed by atoms with Crippen molar-refractivity contribution in [3.63, 3.8) is 0 Å². The van der Waals surface area contributed by atoms with Gasteiger partial charge in [-0.3, -0.25) is 4.79 Å². The molecule has 1 heterocycles. The summed E-state index contributed by atoms with van der Waals surface area (Å²) < 4.78 is 5.32. The van der Waals surface area contributed by atoms with Crippen LogP contribution in [0.25, 0.3) is 0 Å². The van der Waals surface area contributed by atoms with Gasteiger partial charge in [0.1, 0.15) is 5.54 Å². The summed E-state index contributed by atoms with van der Waals surface area (Å²) in [4.78, 5) is 14.4. The summed E-state index contributed by atoms with van der Waals surface area (Å²) >= 11 is 0. The lowest BCUT2D eigenvalue weighted by molar-refractivity contribution is -0.139. The molecule has 1 fully saturated rings. The average Bonchev–Trinajstić information content (AvgIpc) is 2.47. The zero-order valence-corrected chi connectivity index (χ0v) is 12.9. The standard InChI is InChI=1S/C15H22N2O2.ClH/c1-15(16,12-6-4-3-5-7-12)14(18)17-10-8-13(19-2)9-11-17;/h3-7,13H,8-11,16H2,1-2H3;1H. The van der Waals surface area contributed by atoms with Gasteiger partial charge in [0.15, 0.2) is 0 Å². The van der Waals surface area contributed by atoms with Crippen molar-refractivity contribution in [1.82, 2.24) is 4.90 Å². The van der Waals surface area contributed by atoms with Gasteiger partial charge in [-0.25, -0.2) is 0 Å². The summed E-state index contributed by atoms with van der Waals surface area (Å²) in [7, 11) is 1.72. The minimum Gasteiger partial charge on any atom is -0.381 e. The molecule has 1 unspecified atom stereocenters. The van der Waals surface area contributed by atoms with Crippen molar-refractivity contribution in [3.05, 3.63) is 35.9 Å². The number of nitrogens with zero attached hydrogens (tertiary/aromatic N) is 1. The number of methoxy groups -OCH3 is 1. The average molecular weight is 299 g/mol. The maximum absolute atomic E-state index is 12.6. The third-order valence-electron chi connectivity index (χ3n) is 3.88. The van der Waals surface area contributed by atoms with Gasteiger partial charge in [0.25, 0.3) is 0 Å². The lowest BCUT2D eigenvalue weighted by atomic mass is 9.90. The number of ether oxygens (including phenoxy) is 1. The Labute approximate surface area is 126 Å². The fourth-order valence-corrected chi connectivity index (χ4v) is 2.53. The van der Waals surface area contributed by atoms with Crippen molar-refractivity contribution in [2.75, 3.05) is 20.2 Å². The highest BCUT2D eigenvalue weighted by atomic mass is 35.5. The van der Waals surface area contributed by atoms with Crippen molar-refractivity contribution in [2.45, 2.75) is 31.4 Å². The van der Waals surface area contributed by atoms with Crippen LogP contribution >= 0.6 is 12.4 Å². The quantitative estimate of drug-likeness (QED) is 0.927. The van der Waals surface area contributed by atoms with Crippen molar-refractivity contribution in [3.8, 4) is 0 Å². The minimum absolute atomic E-state index is 0. The zero-order valence-electron chi connectivity index (χ0n) is 12.0. The number of piperidine rings is 1. The molecule has 1 atom stereocenters. The Bertz CT molecular complexity index is 429. The number of carbonyl (C=O) groups is 1. The maximum atomic E-state index is 12.6. The van der Waals surface area contributed by atoms with E-state index in [1.54, 1.807) is 14.0 Å². The fourth-order valence-electron chi connectivity index (χ4n) is 2.53. The molecule has 1 aliphatic heterocycles. The molecule has 0 saturated carbocycles. The number of nitrogens with two attached hydrogens (primary N) is 1. The molecule has 0 radical (unpaired) electrons. The highest BCUT2D eigenvalue weighted by Gasteiger charge is 2.35. The van der Waals surface area contributed by atoms with E-state index in [0.29, 0.717) is 0 Å². The second kappa shape index (κ2) is 7.07. The maximum Gasteiger partial charge on any atom is 0.246 e. The molecule has 1 saturated heterocycles. The second-order valence-electron chi connectivity index (χ2n) is 5.30. The molecule has 2 N–H and O–H groups in total. The van der Waals surface area contributed by atoms with E-state index in [1.807, 2.05) is 35.2 Å². The van der Waals surface area contributed by atoms with Crippen LogP contribution in [0.2, 0.25) is 0 Å². The Morgan fingerprint density at radius 2 is 1.85 bits per heavy atom. The molecule has 4 nitrogen and oxygen atoms in total. The van der Waals surface area contributed by atoms with E-state index >= 15 is 0 Å². The molecule has 112 valence electrons. The first kappa shape index (κ1) is 17.0. The summed E-state index contributed by atoms with van der Waals surface area (Å²) in [5, 5.41) is 0. The molecule has 1 aliphatic rings. The van der Waals surface area contributed by atoms with Gasteiger partial charge < -0.3 is 15.4 Å². The Morgan fingerprint density at radius 3 is 2.35 bits per heavy atom. The monoisotopic (exact) mass is 298 g/mol. The predicted molar refractivity (Wildman–Crippen MR) is 81.8 cm³/mol. The lowest BCUT2D eigenvalue weighted by Crippen LogP contribution is -2.53. The zero-order chi connectivity index (χ0) is 13.9. The van der Waals surface area contributed by atoms with E-state index in [9.17, 15) is 4.79 Å². The number of benzene rings is 1. The van der Waals surface area contributed by atoms with Crippen molar-refractivity contribution >= 4 is 18.3 Å². The summed E-state index contributed by atoms with van der Waals surface area (Å²) in [6, 6.07) is 9.55. The van der Waals surface area contributed by atoms with Crippen LogP contribution in [0.1, 0.15) is 25.3 Å². The summed E-state index contributed by atoms with van der Waals surface area (Å²) in [6.07, 6.45) is 2.03. The van der Waals surface area contributed by atoms with Crippen LogP contribution in [-0.4, -0.2) is 37.1 Å². The van der Waals surface area contributed by atoms with E-state index in [1.165, 1.54) is 0 Å². The molecule has 0 spiro atoms. The normalized spacial score (nSPS) is 19.1. The van der Waals surface area contributed by atoms with Gasteiger partial charge >= 0.3 is 0 Å². The third-order valence-corrected chi connectivity index (χ3v) is 3.88. The first-order chi connectivity index (χ1) is 9.05. The van der Waals surface area contributed by atoms with E-state index < -0.39 is 5.54 Å². The highest BCUT2D eigenvalue weighted by Crippen LogP contribution is 2.23. The molecule has 0 aromatic heterocycles. The summed E-state index contributed by atoms with van der Waals surface area (Å²) in [5.41, 5.74) is 6.16. The molecular formula is C15H23ClN2O2. The Morgan fingerprint density at radius 1 is 1.30 bits per heavy atom. The second-order valence-corrected chi connectivity index (χ2v) is 5.30. The number of likely N-dealkylation sites (tertiary alicyclic amines) is 1. The summed E-state index contributed by atoms with van der Waals surface area (Å²) in [5.74, 6) is -0.00625. The molecule has 2 rings (SSSR count). The van der Waals surface area contributed by atoms with Crippen molar-refractivity contribution < 1.29 is 9.53 Å². The van der Waals surface area contributed by atoms with Gasteiger partial charge in [0.05, 0.1) is 6.10 Å². The van der Waals surface area contributed by atoms with Crippen LogP contribution in [0.3, 0.4) is 0 Å². The number of halogens is 1. The van der Waals surface area contributed by atoms with Gasteiger partial charge in [-0.15, -0.1) is 12.4 Å². The van der Waals surface area contributed by atoms with E-state index in [0.717, 1.165) is 31.5 Å². The van der Waals surface area contributed by atoms with Gasteiger partial charge in [-0.1, -0.05) is 30.3 Å². The molecule has 1 aromatic carbocycles. The van der Waals surface area contributed by atoms with Crippen LogP contribution in [0.4, 0.5) is 0 Å².